The van der Waals surface area contributed by atoms with Crippen LogP contribution in [0.25, 0.3) is 0 Å². The Balaban J connectivity index is 4.00. The molecule has 3 N–H and O–H groups in total. The molecule has 72 valence electrons. The summed E-state index contributed by atoms with van der Waals surface area (Å²) in [6.07, 6.45) is 1.05. The molecule has 4 heteroatoms. The first-order valence-electron chi connectivity index (χ1n) is 4.41. The molecule has 0 spiro atoms. The van der Waals surface area contributed by atoms with E-state index in [-0.39, 0.29) is 11.9 Å². The van der Waals surface area contributed by atoms with Gasteiger partial charge in [0.05, 0.1) is 6.04 Å². The maximum atomic E-state index is 11.1. The van der Waals surface area contributed by atoms with E-state index in [1.54, 1.807) is 0 Å². The molecule has 0 aromatic rings. The Morgan fingerprint density at radius 1 is 1.58 bits per heavy atom. The van der Waals surface area contributed by atoms with Gasteiger partial charge in [0.1, 0.15) is 0 Å². The number of nitrogens with one attached hydrogen (secondary N) is 1. The number of nitrogens with two attached hydrogens (primary N) is 1. The van der Waals surface area contributed by atoms with Crippen molar-refractivity contribution in [1.29, 1.82) is 0 Å². The number of amides is 1. The van der Waals surface area contributed by atoms with Crippen molar-refractivity contribution in [1.82, 2.24) is 10.3 Å². The standard InChI is InChI=1S/C8H19N3O/c1-4-6-11(5-2)7(3)8(12)10-9/h7H,4-6,9H2,1-3H3,(H,10,12). The molecule has 0 fully saturated rings. The fourth-order valence-electron chi connectivity index (χ4n) is 1.20. The van der Waals surface area contributed by atoms with Crippen molar-refractivity contribution in [3.8, 4) is 0 Å². The number of rotatable bonds is 5. The third-order valence-corrected chi connectivity index (χ3v) is 1.99. The quantitative estimate of drug-likeness (QED) is 0.352. The summed E-state index contributed by atoms with van der Waals surface area (Å²) in [4.78, 5) is 13.2. The van der Waals surface area contributed by atoms with Gasteiger partial charge in [-0.3, -0.25) is 15.1 Å². The first-order valence-corrected chi connectivity index (χ1v) is 4.41. The lowest BCUT2D eigenvalue weighted by Gasteiger charge is -2.25. The van der Waals surface area contributed by atoms with Gasteiger partial charge in [-0.2, -0.15) is 0 Å². The predicted molar refractivity (Wildman–Crippen MR) is 49.3 cm³/mol. The first kappa shape index (κ1) is 11.4. The molecule has 0 aliphatic carbocycles. The van der Waals surface area contributed by atoms with Crippen LogP contribution in [0.2, 0.25) is 0 Å². The number of carbonyl (C=O) groups excluding carboxylic acids is 1. The Kier molecular flexibility index (Phi) is 5.66. The normalized spacial score (nSPS) is 13.1. The molecule has 0 heterocycles. The monoisotopic (exact) mass is 173 g/mol. The highest BCUT2D eigenvalue weighted by Crippen LogP contribution is 1.99. The second-order valence-corrected chi connectivity index (χ2v) is 2.81. The van der Waals surface area contributed by atoms with Gasteiger partial charge in [0, 0.05) is 0 Å². The van der Waals surface area contributed by atoms with Gasteiger partial charge in [-0.25, -0.2) is 5.84 Å². The van der Waals surface area contributed by atoms with Crippen molar-refractivity contribution in [3.63, 3.8) is 0 Å². The number of likely N-dealkylation sites (N-methyl/N-ethyl adjacent to an activating group) is 1. The molecule has 0 aliphatic heterocycles. The van der Waals surface area contributed by atoms with Crippen LogP contribution >= 0.6 is 0 Å². The van der Waals surface area contributed by atoms with Gasteiger partial charge in [0.2, 0.25) is 0 Å². The molecule has 4 nitrogen and oxygen atoms in total. The fourth-order valence-corrected chi connectivity index (χ4v) is 1.20. The van der Waals surface area contributed by atoms with Crippen LogP contribution in [0.1, 0.15) is 27.2 Å². The van der Waals surface area contributed by atoms with E-state index in [4.69, 9.17) is 5.84 Å². The number of hydrazine groups is 1. The van der Waals surface area contributed by atoms with Gasteiger partial charge < -0.3 is 0 Å². The molecule has 0 bridgehead atoms. The van der Waals surface area contributed by atoms with Crippen LogP contribution in [0, 0.1) is 0 Å². The van der Waals surface area contributed by atoms with E-state index in [2.05, 4.69) is 17.2 Å². The van der Waals surface area contributed by atoms with E-state index in [0.29, 0.717) is 0 Å². The Morgan fingerprint density at radius 2 is 2.17 bits per heavy atom. The maximum Gasteiger partial charge on any atom is 0.250 e. The van der Waals surface area contributed by atoms with Crippen molar-refractivity contribution in [3.05, 3.63) is 0 Å². The van der Waals surface area contributed by atoms with Gasteiger partial charge in [-0.05, 0) is 26.4 Å². The highest BCUT2D eigenvalue weighted by Gasteiger charge is 2.17. The lowest BCUT2D eigenvalue weighted by Crippen LogP contribution is -2.47. The predicted octanol–water partition coefficient (Wildman–Crippen LogP) is 0.0967. The Bertz CT molecular complexity index is 138. The molecule has 0 radical (unpaired) electrons. The van der Waals surface area contributed by atoms with Gasteiger partial charge in [-0.1, -0.05) is 13.8 Å². The highest BCUT2D eigenvalue weighted by molar-refractivity contribution is 5.80. The van der Waals surface area contributed by atoms with E-state index in [1.807, 2.05) is 13.8 Å². The summed E-state index contributed by atoms with van der Waals surface area (Å²) >= 11 is 0. The van der Waals surface area contributed by atoms with Crippen LogP contribution in [0.5, 0.6) is 0 Å². The molecule has 1 unspecified atom stereocenters. The minimum Gasteiger partial charge on any atom is -0.293 e. The second kappa shape index (κ2) is 5.97. The molecule has 0 aliphatic rings. The van der Waals surface area contributed by atoms with Crippen LogP contribution < -0.4 is 11.3 Å². The van der Waals surface area contributed by atoms with Gasteiger partial charge in [0.15, 0.2) is 0 Å². The summed E-state index contributed by atoms with van der Waals surface area (Å²) in [7, 11) is 0. The summed E-state index contributed by atoms with van der Waals surface area (Å²) in [6.45, 7) is 7.81. The molecule has 0 rings (SSSR count). The SMILES string of the molecule is CCCN(CC)C(C)C(=O)NN. The minimum absolute atomic E-state index is 0.120. The molecule has 0 aromatic heterocycles. The zero-order valence-electron chi connectivity index (χ0n) is 8.13. The van der Waals surface area contributed by atoms with Crippen molar-refractivity contribution >= 4 is 5.91 Å². The Hall–Kier alpha value is -0.610. The summed E-state index contributed by atoms with van der Waals surface area (Å²) < 4.78 is 0. The van der Waals surface area contributed by atoms with Gasteiger partial charge >= 0.3 is 0 Å². The molecule has 0 aromatic carbocycles. The van der Waals surface area contributed by atoms with Crippen molar-refractivity contribution < 1.29 is 4.79 Å². The molecule has 0 saturated heterocycles. The third-order valence-electron chi connectivity index (χ3n) is 1.99. The smallest absolute Gasteiger partial charge is 0.250 e. The molecular weight excluding hydrogens is 154 g/mol. The number of carbonyl (C=O) groups is 1. The first-order chi connectivity index (χ1) is 5.67. The van der Waals surface area contributed by atoms with E-state index in [0.717, 1.165) is 19.5 Å². The summed E-state index contributed by atoms with van der Waals surface area (Å²) in [6, 6.07) is -0.125. The maximum absolute atomic E-state index is 11.1. The molecule has 12 heavy (non-hydrogen) atoms. The zero-order valence-corrected chi connectivity index (χ0v) is 8.13. The largest absolute Gasteiger partial charge is 0.293 e. The summed E-state index contributed by atoms with van der Waals surface area (Å²) in [5, 5.41) is 0. The molecule has 1 amide bonds. The lowest BCUT2D eigenvalue weighted by molar-refractivity contribution is -0.125. The Labute approximate surface area is 74.1 Å². The van der Waals surface area contributed by atoms with E-state index < -0.39 is 0 Å². The van der Waals surface area contributed by atoms with Crippen LogP contribution in [0.4, 0.5) is 0 Å². The van der Waals surface area contributed by atoms with Gasteiger partial charge in [0.25, 0.3) is 5.91 Å². The Morgan fingerprint density at radius 3 is 2.50 bits per heavy atom. The van der Waals surface area contributed by atoms with Crippen molar-refractivity contribution in [2.24, 2.45) is 5.84 Å². The zero-order chi connectivity index (χ0) is 9.56. The topological polar surface area (TPSA) is 58.4 Å². The van der Waals surface area contributed by atoms with E-state index >= 15 is 0 Å². The van der Waals surface area contributed by atoms with Crippen molar-refractivity contribution in [2.45, 2.75) is 33.2 Å². The van der Waals surface area contributed by atoms with E-state index in [9.17, 15) is 4.79 Å². The van der Waals surface area contributed by atoms with Crippen LogP contribution in [0.3, 0.4) is 0 Å². The van der Waals surface area contributed by atoms with Crippen LogP contribution in [0.15, 0.2) is 0 Å². The molecule has 0 saturated carbocycles. The minimum atomic E-state index is -0.125. The van der Waals surface area contributed by atoms with Crippen LogP contribution in [-0.4, -0.2) is 29.9 Å². The molecular formula is C8H19N3O. The average molecular weight is 173 g/mol. The lowest BCUT2D eigenvalue weighted by atomic mass is 10.2. The summed E-state index contributed by atoms with van der Waals surface area (Å²) in [5.74, 6) is 4.92. The summed E-state index contributed by atoms with van der Waals surface area (Å²) in [5.41, 5.74) is 2.16. The highest BCUT2D eigenvalue weighted by atomic mass is 16.2. The van der Waals surface area contributed by atoms with Crippen LogP contribution in [-0.2, 0) is 4.79 Å². The number of hydrogen-bond donors (Lipinski definition) is 2. The van der Waals surface area contributed by atoms with Crippen molar-refractivity contribution in [2.75, 3.05) is 13.1 Å². The average Bonchev–Trinajstić information content (AvgIpc) is 2.11. The van der Waals surface area contributed by atoms with Gasteiger partial charge in [-0.15, -0.1) is 0 Å². The third kappa shape index (κ3) is 3.19. The number of hydrogen-bond acceptors (Lipinski definition) is 3. The molecule has 1 atom stereocenters. The van der Waals surface area contributed by atoms with E-state index in [1.165, 1.54) is 0 Å². The number of nitrogens with zero attached hydrogens (tertiary/aromatic N) is 1. The second-order valence-electron chi connectivity index (χ2n) is 2.81. The fraction of sp³-hybridized carbons (Fsp3) is 0.875.